The molecule has 0 N–H and O–H groups in total. The maximum atomic E-state index is 12.7. The second-order valence-corrected chi connectivity index (χ2v) is 7.46. The summed E-state index contributed by atoms with van der Waals surface area (Å²) in [6.45, 7) is 4.51. The summed E-state index contributed by atoms with van der Waals surface area (Å²) in [5.41, 5.74) is 1.43. The molecular formula is C19H24N6O2. The van der Waals surface area contributed by atoms with Gasteiger partial charge in [0.05, 0.1) is 29.7 Å². The number of carbonyl (C=O) groups is 2. The molecule has 2 aromatic rings. The van der Waals surface area contributed by atoms with Crippen LogP contribution in [0, 0.1) is 0 Å². The third kappa shape index (κ3) is 3.32. The van der Waals surface area contributed by atoms with Gasteiger partial charge in [-0.15, -0.1) is 0 Å². The molecule has 0 saturated carbocycles. The van der Waals surface area contributed by atoms with E-state index in [-0.39, 0.29) is 23.9 Å². The van der Waals surface area contributed by atoms with Crippen molar-refractivity contribution in [3.63, 3.8) is 0 Å². The summed E-state index contributed by atoms with van der Waals surface area (Å²) >= 11 is 0. The van der Waals surface area contributed by atoms with Crippen LogP contribution in [0.2, 0.25) is 0 Å². The van der Waals surface area contributed by atoms with Gasteiger partial charge in [-0.3, -0.25) is 24.2 Å². The van der Waals surface area contributed by atoms with Crippen molar-refractivity contribution in [3.05, 3.63) is 42.5 Å². The Hall–Kier alpha value is -2.74. The van der Waals surface area contributed by atoms with Gasteiger partial charge in [-0.2, -0.15) is 5.10 Å². The summed E-state index contributed by atoms with van der Waals surface area (Å²) in [5.74, 6) is -0.110. The summed E-state index contributed by atoms with van der Waals surface area (Å²) in [4.78, 5) is 35.3. The fourth-order valence-electron chi connectivity index (χ4n) is 4.23. The number of rotatable bonds is 3. The van der Waals surface area contributed by atoms with Crippen molar-refractivity contribution < 1.29 is 9.59 Å². The monoisotopic (exact) mass is 368 g/mol. The predicted molar refractivity (Wildman–Crippen MR) is 99.8 cm³/mol. The number of nitrogens with zero attached hydrogens (tertiary/aromatic N) is 6. The highest BCUT2D eigenvalue weighted by Crippen LogP contribution is 2.34. The molecule has 142 valence electrons. The first kappa shape index (κ1) is 17.7. The Morgan fingerprint density at radius 1 is 1.30 bits per heavy atom. The average Bonchev–Trinajstić information content (AvgIpc) is 3.24. The highest BCUT2D eigenvalue weighted by atomic mass is 16.2. The number of hydrogen-bond acceptors (Lipinski definition) is 5. The van der Waals surface area contributed by atoms with Crippen LogP contribution in [0.25, 0.3) is 0 Å². The second-order valence-electron chi connectivity index (χ2n) is 7.46. The van der Waals surface area contributed by atoms with Gasteiger partial charge in [0.25, 0.3) is 0 Å². The lowest BCUT2D eigenvalue weighted by Crippen LogP contribution is -2.66. The smallest absolute Gasteiger partial charge is 0.246 e. The van der Waals surface area contributed by atoms with Gasteiger partial charge < -0.3 is 9.80 Å². The first-order valence-electron chi connectivity index (χ1n) is 9.16. The molecule has 0 radical (unpaired) electrons. The Labute approximate surface area is 158 Å². The molecule has 1 atom stereocenters. The fourth-order valence-corrected chi connectivity index (χ4v) is 4.23. The van der Waals surface area contributed by atoms with Gasteiger partial charge in [0.1, 0.15) is 6.54 Å². The minimum atomic E-state index is -0.371. The molecule has 4 rings (SSSR count). The molecule has 2 saturated heterocycles. The average molecular weight is 368 g/mol. The zero-order valence-corrected chi connectivity index (χ0v) is 15.7. The highest BCUT2D eigenvalue weighted by molar-refractivity contribution is 5.98. The molecule has 8 nitrogen and oxygen atoms in total. The SMILES string of the molecule is CC(=O)N1CC(=O)N(c2cnn(C)c2)C[C@@]12CCN(Cc1ccccn1)C2. The quantitative estimate of drug-likeness (QED) is 0.795. The number of pyridine rings is 1. The zero-order chi connectivity index (χ0) is 19.0. The van der Waals surface area contributed by atoms with Crippen molar-refractivity contribution in [2.24, 2.45) is 7.05 Å². The normalized spacial score (nSPS) is 23.4. The minimum Gasteiger partial charge on any atom is -0.325 e. The largest absolute Gasteiger partial charge is 0.325 e. The first-order valence-corrected chi connectivity index (χ1v) is 9.16. The Morgan fingerprint density at radius 3 is 2.81 bits per heavy atom. The topological polar surface area (TPSA) is 74.6 Å². The van der Waals surface area contributed by atoms with Gasteiger partial charge in [0, 0.05) is 46.0 Å². The predicted octanol–water partition coefficient (Wildman–Crippen LogP) is 0.655. The summed E-state index contributed by atoms with van der Waals surface area (Å²) in [6, 6.07) is 5.91. The van der Waals surface area contributed by atoms with E-state index in [0.29, 0.717) is 6.54 Å². The number of hydrogen-bond donors (Lipinski definition) is 0. The summed E-state index contributed by atoms with van der Waals surface area (Å²) in [5, 5.41) is 4.19. The fraction of sp³-hybridized carbons (Fsp3) is 0.474. The number of aromatic nitrogens is 3. The van der Waals surface area contributed by atoms with Crippen LogP contribution in [0.15, 0.2) is 36.8 Å². The Bertz CT molecular complexity index is 851. The van der Waals surface area contributed by atoms with Crippen LogP contribution in [0.3, 0.4) is 0 Å². The number of carbonyl (C=O) groups excluding carboxylic acids is 2. The number of anilines is 1. The van der Waals surface area contributed by atoms with Crippen LogP contribution >= 0.6 is 0 Å². The molecule has 2 aliphatic heterocycles. The molecule has 8 heteroatoms. The van der Waals surface area contributed by atoms with Gasteiger partial charge in [-0.25, -0.2) is 0 Å². The third-order valence-corrected chi connectivity index (χ3v) is 5.53. The summed E-state index contributed by atoms with van der Waals surface area (Å²) < 4.78 is 1.69. The standard InChI is InChI=1S/C19H24N6O2/c1-15(26)25-12-18(27)24(17-9-21-22(2)11-17)14-19(25)6-8-23(13-19)10-16-5-3-4-7-20-16/h3-5,7,9,11H,6,8,10,12-14H2,1-2H3/t19-/m0/s1. The number of aryl methyl sites for hydroxylation is 1. The molecule has 2 aliphatic rings. The van der Waals surface area contributed by atoms with E-state index < -0.39 is 0 Å². The van der Waals surface area contributed by atoms with Crippen molar-refractivity contribution >= 4 is 17.5 Å². The van der Waals surface area contributed by atoms with Crippen LogP contribution in [0.5, 0.6) is 0 Å². The van der Waals surface area contributed by atoms with Gasteiger partial charge >= 0.3 is 0 Å². The Morgan fingerprint density at radius 2 is 2.15 bits per heavy atom. The molecule has 0 unspecified atom stereocenters. The van der Waals surface area contributed by atoms with Crippen molar-refractivity contribution in [1.29, 1.82) is 0 Å². The number of likely N-dealkylation sites (tertiary alicyclic amines) is 1. The molecule has 0 bridgehead atoms. The minimum absolute atomic E-state index is 0.0473. The summed E-state index contributed by atoms with van der Waals surface area (Å²) in [7, 11) is 1.83. The van der Waals surface area contributed by atoms with E-state index in [4.69, 9.17) is 0 Å². The summed E-state index contributed by atoms with van der Waals surface area (Å²) in [6.07, 6.45) is 6.18. The maximum absolute atomic E-state index is 12.7. The lowest BCUT2D eigenvalue weighted by Gasteiger charge is -2.48. The first-order chi connectivity index (χ1) is 13.0. The van der Waals surface area contributed by atoms with E-state index in [9.17, 15) is 9.59 Å². The van der Waals surface area contributed by atoms with E-state index in [2.05, 4.69) is 15.0 Å². The number of piperazine rings is 1. The lowest BCUT2D eigenvalue weighted by molar-refractivity contribution is -0.142. The molecule has 2 aromatic heterocycles. The van der Waals surface area contributed by atoms with Crippen molar-refractivity contribution in [1.82, 2.24) is 24.6 Å². The molecule has 0 aliphatic carbocycles. The van der Waals surface area contributed by atoms with E-state index in [1.54, 1.807) is 33.8 Å². The van der Waals surface area contributed by atoms with Gasteiger partial charge in [-0.1, -0.05) is 6.07 Å². The second kappa shape index (κ2) is 6.77. The van der Waals surface area contributed by atoms with Crippen molar-refractivity contribution in [2.45, 2.75) is 25.4 Å². The maximum Gasteiger partial charge on any atom is 0.246 e. The third-order valence-electron chi connectivity index (χ3n) is 5.53. The van der Waals surface area contributed by atoms with Gasteiger partial charge in [0.15, 0.2) is 0 Å². The van der Waals surface area contributed by atoms with Crippen LogP contribution < -0.4 is 4.90 Å². The van der Waals surface area contributed by atoms with E-state index in [1.807, 2.05) is 31.4 Å². The molecule has 4 heterocycles. The van der Waals surface area contributed by atoms with Crippen LogP contribution in [-0.4, -0.2) is 68.1 Å². The molecular weight excluding hydrogens is 344 g/mol. The molecule has 2 amide bonds. The van der Waals surface area contributed by atoms with E-state index in [1.165, 1.54) is 0 Å². The van der Waals surface area contributed by atoms with E-state index in [0.717, 1.165) is 37.4 Å². The molecule has 0 aromatic carbocycles. The molecule has 27 heavy (non-hydrogen) atoms. The van der Waals surface area contributed by atoms with Crippen molar-refractivity contribution in [2.75, 3.05) is 31.1 Å². The Balaban J connectivity index is 1.58. The van der Waals surface area contributed by atoms with Crippen molar-refractivity contribution in [3.8, 4) is 0 Å². The van der Waals surface area contributed by atoms with Crippen LogP contribution in [-0.2, 0) is 23.2 Å². The van der Waals surface area contributed by atoms with E-state index >= 15 is 0 Å². The lowest BCUT2D eigenvalue weighted by atomic mass is 9.92. The zero-order valence-electron chi connectivity index (χ0n) is 15.7. The molecule has 2 fully saturated rings. The Kier molecular flexibility index (Phi) is 4.43. The van der Waals surface area contributed by atoms with Gasteiger partial charge in [-0.05, 0) is 18.6 Å². The van der Waals surface area contributed by atoms with Crippen LogP contribution in [0.1, 0.15) is 19.0 Å². The van der Waals surface area contributed by atoms with Crippen LogP contribution in [0.4, 0.5) is 5.69 Å². The van der Waals surface area contributed by atoms with Gasteiger partial charge in [0.2, 0.25) is 11.8 Å². The molecule has 1 spiro atoms. The number of amides is 2. The highest BCUT2D eigenvalue weighted by Gasteiger charge is 2.50.